The number of rotatable bonds is 2. The van der Waals surface area contributed by atoms with E-state index in [9.17, 15) is 0 Å². The fraction of sp³-hybridized carbons (Fsp3) is 0.0769. The van der Waals surface area contributed by atoms with E-state index in [0.717, 1.165) is 5.56 Å². The summed E-state index contributed by atoms with van der Waals surface area (Å²) in [6.07, 6.45) is 0.248. The highest BCUT2D eigenvalue weighted by Gasteiger charge is 2.11. The van der Waals surface area contributed by atoms with Crippen molar-refractivity contribution < 1.29 is 0 Å². The predicted molar refractivity (Wildman–Crippen MR) is 74.0 cm³/mol. The molecule has 2 nitrogen and oxygen atoms in total. The van der Waals surface area contributed by atoms with Crippen molar-refractivity contribution in [3.63, 3.8) is 0 Å². The molecule has 5 heteroatoms. The van der Waals surface area contributed by atoms with Crippen LogP contribution in [0.5, 0.6) is 0 Å². The summed E-state index contributed by atoms with van der Waals surface area (Å²) in [5.41, 5.74) is 2.12. The van der Waals surface area contributed by atoms with E-state index in [0.29, 0.717) is 26.5 Å². The van der Waals surface area contributed by atoms with Crippen LogP contribution >= 0.6 is 34.8 Å². The van der Waals surface area contributed by atoms with Gasteiger partial charge < -0.3 is 0 Å². The highest BCUT2D eigenvalue weighted by Crippen LogP contribution is 2.32. The fourth-order valence-electron chi connectivity index (χ4n) is 1.61. The molecule has 1 aromatic carbocycles. The summed E-state index contributed by atoms with van der Waals surface area (Å²) < 4.78 is 0. The zero-order valence-electron chi connectivity index (χ0n) is 9.12. The quantitative estimate of drug-likeness (QED) is 0.748. The second-order valence-corrected chi connectivity index (χ2v) is 4.83. The van der Waals surface area contributed by atoms with Gasteiger partial charge in [-0.15, -0.1) is 0 Å². The van der Waals surface area contributed by atoms with Crippen LogP contribution in [-0.2, 0) is 6.42 Å². The van der Waals surface area contributed by atoms with E-state index in [-0.39, 0.29) is 6.42 Å². The van der Waals surface area contributed by atoms with Crippen molar-refractivity contribution in [3.05, 3.63) is 51.1 Å². The van der Waals surface area contributed by atoms with Gasteiger partial charge in [-0.2, -0.15) is 5.26 Å². The average Bonchev–Trinajstić information content (AvgIpc) is 2.32. The molecule has 2 rings (SSSR count). The first-order valence-electron chi connectivity index (χ1n) is 5.09. The molecule has 0 aliphatic rings. The molecule has 0 unspecified atom stereocenters. The van der Waals surface area contributed by atoms with Crippen LogP contribution in [0.3, 0.4) is 0 Å². The first-order valence-corrected chi connectivity index (χ1v) is 6.23. The van der Waals surface area contributed by atoms with Crippen molar-refractivity contribution in [2.24, 2.45) is 0 Å². The molecule has 1 aromatic heterocycles. The normalized spacial score (nSPS) is 10.1. The first-order chi connectivity index (χ1) is 8.61. The number of hydrogen-bond acceptors (Lipinski definition) is 2. The van der Waals surface area contributed by atoms with Gasteiger partial charge in [0.15, 0.2) is 0 Å². The molecule has 90 valence electrons. The minimum atomic E-state index is 0.248. The summed E-state index contributed by atoms with van der Waals surface area (Å²) in [5, 5.41) is 10.2. The molecule has 0 saturated heterocycles. The van der Waals surface area contributed by atoms with Gasteiger partial charge in [-0.1, -0.05) is 40.9 Å². The lowest BCUT2D eigenvalue weighted by atomic mass is 10.0. The largest absolute Gasteiger partial charge is 0.236 e. The molecule has 0 spiro atoms. The second kappa shape index (κ2) is 5.58. The minimum Gasteiger partial charge on any atom is -0.236 e. The molecule has 0 aliphatic carbocycles. The van der Waals surface area contributed by atoms with Gasteiger partial charge in [-0.05, 0) is 29.8 Å². The van der Waals surface area contributed by atoms with Crippen LogP contribution in [0.4, 0.5) is 0 Å². The molecular weight excluding hydrogens is 291 g/mol. The van der Waals surface area contributed by atoms with Crippen molar-refractivity contribution in [3.8, 4) is 17.3 Å². The van der Waals surface area contributed by atoms with Crippen molar-refractivity contribution in [1.82, 2.24) is 4.98 Å². The highest BCUT2D eigenvalue weighted by atomic mass is 35.5. The molecule has 0 N–H and O–H groups in total. The minimum absolute atomic E-state index is 0.248. The van der Waals surface area contributed by atoms with E-state index >= 15 is 0 Å². The smallest absolute Gasteiger partial charge is 0.129 e. The third-order valence-electron chi connectivity index (χ3n) is 2.40. The Kier molecular flexibility index (Phi) is 4.08. The van der Waals surface area contributed by atoms with Gasteiger partial charge in [-0.25, -0.2) is 4.98 Å². The number of benzene rings is 1. The SMILES string of the molecule is N#CCc1ccc(Cl)nc1-c1ccc(Cl)cc1Cl. The Morgan fingerprint density at radius 2 is 1.89 bits per heavy atom. The van der Waals surface area contributed by atoms with Crippen molar-refractivity contribution in [2.75, 3.05) is 0 Å². The van der Waals surface area contributed by atoms with Crippen molar-refractivity contribution in [2.45, 2.75) is 6.42 Å². The molecule has 0 amide bonds. The van der Waals surface area contributed by atoms with Gasteiger partial charge >= 0.3 is 0 Å². The maximum absolute atomic E-state index is 8.81. The molecule has 0 aliphatic heterocycles. The number of nitrogens with zero attached hydrogens (tertiary/aromatic N) is 2. The van der Waals surface area contributed by atoms with Crippen LogP contribution in [0.25, 0.3) is 11.3 Å². The third-order valence-corrected chi connectivity index (χ3v) is 3.16. The van der Waals surface area contributed by atoms with Crippen LogP contribution in [0.2, 0.25) is 15.2 Å². The molecular formula is C13H7Cl3N2. The summed E-state index contributed by atoms with van der Waals surface area (Å²) in [7, 11) is 0. The van der Waals surface area contributed by atoms with Gasteiger partial charge in [-0.3, -0.25) is 0 Å². The fourth-order valence-corrected chi connectivity index (χ4v) is 2.25. The lowest BCUT2D eigenvalue weighted by Gasteiger charge is -2.08. The zero-order chi connectivity index (χ0) is 13.1. The summed E-state index contributed by atoms with van der Waals surface area (Å²) in [4.78, 5) is 4.24. The summed E-state index contributed by atoms with van der Waals surface area (Å²) >= 11 is 17.9. The molecule has 1 heterocycles. The monoisotopic (exact) mass is 296 g/mol. The molecule has 0 bridgehead atoms. The summed E-state index contributed by atoms with van der Waals surface area (Å²) in [6, 6.07) is 10.7. The Labute approximate surface area is 120 Å². The molecule has 0 radical (unpaired) electrons. The standard InChI is InChI=1S/C13H7Cl3N2/c14-9-2-3-10(11(15)7-9)13-8(5-6-17)1-4-12(16)18-13/h1-4,7H,5H2. The Balaban J connectivity index is 2.62. The Morgan fingerprint density at radius 3 is 2.56 bits per heavy atom. The van der Waals surface area contributed by atoms with E-state index in [1.165, 1.54) is 0 Å². The van der Waals surface area contributed by atoms with Gasteiger partial charge in [0.05, 0.1) is 23.2 Å². The topological polar surface area (TPSA) is 36.7 Å². The van der Waals surface area contributed by atoms with E-state index in [1.807, 2.05) is 0 Å². The second-order valence-electron chi connectivity index (χ2n) is 3.60. The van der Waals surface area contributed by atoms with Crippen LogP contribution in [-0.4, -0.2) is 4.98 Å². The Hall–Kier alpha value is -1.27. The number of halogens is 3. The number of pyridine rings is 1. The average molecular weight is 298 g/mol. The molecule has 0 atom stereocenters. The van der Waals surface area contributed by atoms with E-state index in [1.54, 1.807) is 30.3 Å². The Morgan fingerprint density at radius 1 is 1.11 bits per heavy atom. The maximum Gasteiger partial charge on any atom is 0.129 e. The van der Waals surface area contributed by atoms with Crippen LogP contribution in [0, 0.1) is 11.3 Å². The number of nitriles is 1. The van der Waals surface area contributed by atoms with Crippen LogP contribution < -0.4 is 0 Å². The van der Waals surface area contributed by atoms with Crippen LogP contribution in [0.1, 0.15) is 5.56 Å². The van der Waals surface area contributed by atoms with Gasteiger partial charge in [0.25, 0.3) is 0 Å². The Bertz CT molecular complexity index is 633. The highest BCUT2D eigenvalue weighted by molar-refractivity contribution is 6.36. The number of aromatic nitrogens is 1. The van der Waals surface area contributed by atoms with Gasteiger partial charge in [0.2, 0.25) is 0 Å². The zero-order valence-corrected chi connectivity index (χ0v) is 11.4. The maximum atomic E-state index is 8.81. The third kappa shape index (κ3) is 2.76. The summed E-state index contributed by atoms with van der Waals surface area (Å²) in [5.74, 6) is 0. The van der Waals surface area contributed by atoms with Gasteiger partial charge in [0, 0.05) is 10.6 Å². The molecule has 0 fully saturated rings. The predicted octanol–water partition coefficient (Wildman–Crippen LogP) is 4.77. The summed E-state index contributed by atoms with van der Waals surface area (Å²) in [6.45, 7) is 0. The van der Waals surface area contributed by atoms with E-state index in [4.69, 9.17) is 40.1 Å². The lowest BCUT2D eigenvalue weighted by molar-refractivity contribution is 1.20. The van der Waals surface area contributed by atoms with Crippen LogP contribution in [0.15, 0.2) is 30.3 Å². The van der Waals surface area contributed by atoms with Crippen molar-refractivity contribution in [1.29, 1.82) is 5.26 Å². The first kappa shape index (κ1) is 13.2. The van der Waals surface area contributed by atoms with E-state index in [2.05, 4.69) is 11.1 Å². The van der Waals surface area contributed by atoms with E-state index < -0.39 is 0 Å². The molecule has 18 heavy (non-hydrogen) atoms. The number of hydrogen-bond donors (Lipinski definition) is 0. The van der Waals surface area contributed by atoms with Crippen molar-refractivity contribution >= 4 is 34.8 Å². The molecule has 0 saturated carbocycles. The van der Waals surface area contributed by atoms with Gasteiger partial charge in [0.1, 0.15) is 5.15 Å². The molecule has 2 aromatic rings. The lowest BCUT2D eigenvalue weighted by Crippen LogP contribution is -1.93.